The molecule has 1 N–H and O–H groups in total. The maximum Gasteiger partial charge on any atom is 0.335 e. The number of ether oxygens (including phenoxy) is 3. The van der Waals surface area contributed by atoms with Gasteiger partial charge in [0.1, 0.15) is 6.17 Å². The van der Waals surface area contributed by atoms with E-state index in [1.807, 2.05) is 6.08 Å². The van der Waals surface area contributed by atoms with Crippen LogP contribution in [-0.4, -0.2) is 49.5 Å². The number of carbonyl (C=O) groups excluding carboxylic acids is 1. The number of halogens is 1. The number of rotatable bonds is 14. The summed E-state index contributed by atoms with van der Waals surface area (Å²) < 4.78 is 30.2. The fraction of sp³-hybridized carbons (Fsp3) is 0.808. The third-order valence-electron chi connectivity index (χ3n) is 6.57. The van der Waals surface area contributed by atoms with Gasteiger partial charge in [0, 0.05) is 6.61 Å². The van der Waals surface area contributed by atoms with Crippen LogP contribution < -0.4 is 0 Å². The number of methoxy groups -OCH3 is 1. The van der Waals surface area contributed by atoms with Gasteiger partial charge in [0.05, 0.1) is 13.2 Å². The molecule has 0 spiro atoms. The Balaban J connectivity index is 1.75. The molecule has 0 amide bonds. The molecule has 2 rings (SSSR count). The molecule has 32 heavy (non-hydrogen) atoms. The van der Waals surface area contributed by atoms with Crippen molar-refractivity contribution in [2.24, 2.45) is 11.8 Å². The first kappa shape index (κ1) is 27.0. The molecule has 1 saturated heterocycles. The van der Waals surface area contributed by atoms with Crippen molar-refractivity contribution in [2.45, 2.75) is 109 Å². The molecule has 1 saturated carbocycles. The molecule has 0 aromatic heterocycles. The minimum absolute atomic E-state index is 0.166. The van der Waals surface area contributed by atoms with Gasteiger partial charge in [-0.25, -0.2) is 9.18 Å². The van der Waals surface area contributed by atoms with Crippen LogP contribution in [0.2, 0.25) is 0 Å². The summed E-state index contributed by atoms with van der Waals surface area (Å²) in [6.45, 7) is 2.75. The lowest BCUT2D eigenvalue weighted by atomic mass is 9.90. The summed E-state index contributed by atoms with van der Waals surface area (Å²) in [5.41, 5.74) is 0. The summed E-state index contributed by atoms with van der Waals surface area (Å²) in [5, 5.41) is 10.4. The van der Waals surface area contributed by atoms with Crippen LogP contribution in [0.25, 0.3) is 0 Å². The van der Waals surface area contributed by atoms with Gasteiger partial charge in [-0.05, 0) is 76.0 Å². The molecule has 184 valence electrons. The van der Waals surface area contributed by atoms with E-state index < -0.39 is 12.3 Å². The van der Waals surface area contributed by atoms with Crippen molar-refractivity contribution in [3.8, 4) is 0 Å². The van der Waals surface area contributed by atoms with Crippen molar-refractivity contribution >= 4 is 5.97 Å². The van der Waals surface area contributed by atoms with Gasteiger partial charge < -0.3 is 19.3 Å². The maximum absolute atomic E-state index is 13.9. The number of esters is 1. The number of carbonyl (C=O) groups is 1. The number of aliphatic hydroxyl groups is 1. The summed E-state index contributed by atoms with van der Waals surface area (Å²) >= 11 is 0. The molecule has 2 aliphatic rings. The molecule has 1 aliphatic carbocycles. The minimum atomic E-state index is -0.764. The zero-order chi connectivity index (χ0) is 23.2. The fourth-order valence-corrected chi connectivity index (χ4v) is 4.59. The monoisotopic (exact) mass is 454 g/mol. The van der Waals surface area contributed by atoms with Crippen LogP contribution in [-0.2, 0) is 19.0 Å². The molecule has 6 atom stereocenters. The van der Waals surface area contributed by atoms with Gasteiger partial charge in [-0.1, -0.05) is 44.1 Å². The van der Waals surface area contributed by atoms with Crippen LogP contribution in [0.5, 0.6) is 0 Å². The highest BCUT2D eigenvalue weighted by Gasteiger charge is 2.32. The molecule has 0 aromatic rings. The number of alkyl halides is 1. The molecular formula is C26H43FO5. The number of hydrogen-bond acceptors (Lipinski definition) is 5. The predicted molar refractivity (Wildman–Crippen MR) is 124 cm³/mol. The second-order valence-corrected chi connectivity index (χ2v) is 9.10. The molecule has 6 heteroatoms. The molecule has 1 heterocycles. The van der Waals surface area contributed by atoms with E-state index in [2.05, 4.69) is 25.2 Å². The Hall–Kier alpha value is -1.24. The summed E-state index contributed by atoms with van der Waals surface area (Å²) in [6, 6.07) is 0. The molecular weight excluding hydrogens is 411 g/mol. The van der Waals surface area contributed by atoms with Crippen molar-refractivity contribution in [1.29, 1.82) is 0 Å². The van der Waals surface area contributed by atoms with Crippen molar-refractivity contribution in [1.82, 2.24) is 0 Å². The van der Waals surface area contributed by atoms with Crippen LogP contribution >= 0.6 is 0 Å². The zero-order valence-corrected chi connectivity index (χ0v) is 19.9. The van der Waals surface area contributed by atoms with Crippen LogP contribution in [0.1, 0.15) is 84.0 Å². The van der Waals surface area contributed by atoms with E-state index >= 15 is 0 Å². The molecule has 5 nitrogen and oxygen atoms in total. The normalized spacial score (nSPS) is 28.4. The minimum Gasteiger partial charge on any atom is -0.467 e. The Morgan fingerprint density at radius 1 is 1.19 bits per heavy atom. The van der Waals surface area contributed by atoms with Crippen molar-refractivity contribution in [2.75, 3.05) is 13.7 Å². The average Bonchev–Trinajstić information content (AvgIpc) is 3.16. The Labute approximate surface area is 193 Å². The van der Waals surface area contributed by atoms with Gasteiger partial charge in [-0.3, -0.25) is 0 Å². The lowest BCUT2D eigenvalue weighted by Crippen LogP contribution is -2.33. The maximum atomic E-state index is 13.9. The third kappa shape index (κ3) is 9.72. The second kappa shape index (κ2) is 15.6. The Kier molecular flexibility index (Phi) is 13.1. The molecule has 0 aromatic carbocycles. The molecule has 0 bridgehead atoms. The van der Waals surface area contributed by atoms with Gasteiger partial charge in [0.15, 0.2) is 12.4 Å². The van der Waals surface area contributed by atoms with E-state index in [9.17, 15) is 14.3 Å². The standard InChI is InChI=1S/C26H43FO5/c1-3-4-12-21(27)13-10-11-20-17-18-23(28)22(20)14-6-5-7-15-24(26(29)30-2)32-25-16-8-9-19-31-25/h5-6,10-11,20-25,28H,3-4,7-9,12-19H2,1-2H3/t20-,21?,22+,23?,24?,25?/m0/s1. The Morgan fingerprint density at radius 3 is 2.75 bits per heavy atom. The van der Waals surface area contributed by atoms with E-state index in [0.29, 0.717) is 38.2 Å². The van der Waals surface area contributed by atoms with Gasteiger partial charge in [-0.15, -0.1) is 0 Å². The summed E-state index contributed by atoms with van der Waals surface area (Å²) in [6.07, 6.45) is 15.9. The van der Waals surface area contributed by atoms with Gasteiger partial charge in [0.25, 0.3) is 0 Å². The van der Waals surface area contributed by atoms with E-state index in [1.165, 1.54) is 7.11 Å². The Bertz CT molecular complexity index is 573. The first-order valence-electron chi connectivity index (χ1n) is 12.5. The van der Waals surface area contributed by atoms with E-state index in [-0.39, 0.29) is 24.3 Å². The van der Waals surface area contributed by atoms with Gasteiger partial charge in [-0.2, -0.15) is 0 Å². The molecule has 1 aliphatic heterocycles. The quantitative estimate of drug-likeness (QED) is 0.271. The Morgan fingerprint density at radius 2 is 2.03 bits per heavy atom. The van der Waals surface area contributed by atoms with Gasteiger partial charge >= 0.3 is 5.97 Å². The van der Waals surface area contributed by atoms with E-state index in [4.69, 9.17) is 14.2 Å². The molecule has 2 fully saturated rings. The van der Waals surface area contributed by atoms with Crippen LogP contribution in [0.15, 0.2) is 24.3 Å². The highest BCUT2D eigenvalue weighted by atomic mass is 19.1. The number of unbranched alkanes of at least 4 members (excludes halogenated alkanes) is 1. The molecule has 0 radical (unpaired) electrons. The first-order valence-corrected chi connectivity index (χ1v) is 12.5. The van der Waals surface area contributed by atoms with Crippen LogP contribution in [0.3, 0.4) is 0 Å². The summed E-state index contributed by atoms with van der Waals surface area (Å²) in [5.74, 6) is 0.0937. The second-order valence-electron chi connectivity index (χ2n) is 9.10. The van der Waals surface area contributed by atoms with Crippen molar-refractivity contribution in [3.05, 3.63) is 24.3 Å². The van der Waals surface area contributed by atoms with Crippen LogP contribution in [0.4, 0.5) is 4.39 Å². The van der Waals surface area contributed by atoms with Gasteiger partial charge in [0.2, 0.25) is 0 Å². The lowest BCUT2D eigenvalue weighted by molar-refractivity contribution is -0.203. The lowest BCUT2D eigenvalue weighted by Gasteiger charge is -2.26. The number of aliphatic hydroxyl groups excluding tert-OH is 1. The predicted octanol–water partition coefficient (Wildman–Crippen LogP) is 5.66. The first-order chi connectivity index (χ1) is 15.5. The average molecular weight is 455 g/mol. The number of allylic oxidation sites excluding steroid dienone is 4. The fourth-order valence-electron chi connectivity index (χ4n) is 4.59. The summed E-state index contributed by atoms with van der Waals surface area (Å²) in [7, 11) is 1.38. The topological polar surface area (TPSA) is 65.0 Å². The highest BCUT2D eigenvalue weighted by molar-refractivity contribution is 5.74. The number of hydrogen-bond donors (Lipinski definition) is 1. The largest absolute Gasteiger partial charge is 0.467 e. The van der Waals surface area contributed by atoms with Crippen LogP contribution in [0, 0.1) is 11.8 Å². The zero-order valence-electron chi connectivity index (χ0n) is 19.9. The smallest absolute Gasteiger partial charge is 0.335 e. The van der Waals surface area contributed by atoms with E-state index in [1.54, 1.807) is 0 Å². The van der Waals surface area contributed by atoms with Crippen molar-refractivity contribution < 1.29 is 28.5 Å². The van der Waals surface area contributed by atoms with E-state index in [0.717, 1.165) is 51.4 Å². The SMILES string of the molecule is CCCCC(F)CC=C[C@H]1CCC(O)[C@@H]1CC=CCCC(OC1CCCCO1)C(=O)OC. The summed E-state index contributed by atoms with van der Waals surface area (Å²) in [4.78, 5) is 12.1. The highest BCUT2D eigenvalue weighted by Crippen LogP contribution is 2.36. The van der Waals surface area contributed by atoms with Crippen molar-refractivity contribution in [3.63, 3.8) is 0 Å². The molecule has 4 unspecified atom stereocenters. The third-order valence-corrected chi connectivity index (χ3v) is 6.57.